The Labute approximate surface area is 172 Å². The molecule has 0 spiro atoms. The normalized spacial score (nSPS) is 12.8. The fourth-order valence-corrected chi connectivity index (χ4v) is 5.23. The summed E-state index contributed by atoms with van der Waals surface area (Å²) in [6, 6.07) is 11.7. The first-order chi connectivity index (χ1) is 13.9. The Morgan fingerprint density at radius 1 is 1.21 bits per heavy atom. The maximum absolute atomic E-state index is 13.7. The summed E-state index contributed by atoms with van der Waals surface area (Å²) in [5, 5.41) is 15.6. The standard InChI is InChI=1S/C19H21ClN3O5P/c1-3-27-29(26,28-4-2)19(15-12-21-16-8-6-5-7-14(15)16)22-17-10-9-13(20)11-18(17)23(24)25/h5-12,19,21-22H,3-4H2,1-2H3. The van der Waals surface area contributed by atoms with Gasteiger partial charge in [0.1, 0.15) is 5.69 Å². The Morgan fingerprint density at radius 3 is 2.55 bits per heavy atom. The average Bonchev–Trinajstić information content (AvgIpc) is 3.11. The van der Waals surface area contributed by atoms with Crippen molar-refractivity contribution in [3.8, 4) is 0 Å². The van der Waals surface area contributed by atoms with Gasteiger partial charge >= 0.3 is 7.60 Å². The largest absolute Gasteiger partial charge is 0.362 e. The SMILES string of the molecule is CCOP(=O)(OCC)C(Nc1ccc(Cl)cc1[N+](=O)[O-])c1c[nH]c2ccccc12. The van der Waals surface area contributed by atoms with Gasteiger partial charge in [0.2, 0.25) is 0 Å². The van der Waals surface area contributed by atoms with Gasteiger partial charge in [-0.25, -0.2) is 0 Å². The van der Waals surface area contributed by atoms with Gasteiger partial charge in [-0.1, -0.05) is 29.8 Å². The van der Waals surface area contributed by atoms with Crippen LogP contribution in [-0.4, -0.2) is 23.1 Å². The number of nitrogens with zero attached hydrogens (tertiary/aromatic N) is 1. The molecule has 0 aliphatic heterocycles. The fourth-order valence-electron chi connectivity index (χ4n) is 3.12. The molecule has 0 saturated heterocycles. The van der Waals surface area contributed by atoms with E-state index in [1.807, 2.05) is 24.3 Å². The number of para-hydroxylation sites is 1. The summed E-state index contributed by atoms with van der Waals surface area (Å²) in [7, 11) is -3.74. The number of hydrogen-bond acceptors (Lipinski definition) is 6. The first-order valence-electron chi connectivity index (χ1n) is 9.05. The molecule has 3 rings (SSSR count). The molecule has 8 nitrogen and oxygen atoms in total. The minimum atomic E-state index is -3.74. The highest BCUT2D eigenvalue weighted by Crippen LogP contribution is 2.62. The van der Waals surface area contributed by atoms with Crippen LogP contribution in [0.5, 0.6) is 0 Å². The first kappa shape index (κ1) is 21.3. The topological polar surface area (TPSA) is 106 Å². The number of anilines is 1. The van der Waals surface area contributed by atoms with E-state index in [0.717, 1.165) is 10.9 Å². The number of halogens is 1. The van der Waals surface area contributed by atoms with E-state index in [1.54, 1.807) is 20.0 Å². The Kier molecular flexibility index (Phi) is 6.59. The maximum atomic E-state index is 13.7. The third kappa shape index (κ3) is 4.46. The molecule has 0 aliphatic carbocycles. The van der Waals surface area contributed by atoms with Gasteiger partial charge in [-0.05, 0) is 32.0 Å². The van der Waals surface area contributed by atoms with Crippen molar-refractivity contribution < 1.29 is 18.5 Å². The van der Waals surface area contributed by atoms with Crippen LogP contribution in [0.15, 0.2) is 48.7 Å². The van der Waals surface area contributed by atoms with Crippen LogP contribution in [0.25, 0.3) is 10.9 Å². The maximum Gasteiger partial charge on any atom is 0.357 e. The molecule has 10 heteroatoms. The zero-order valence-electron chi connectivity index (χ0n) is 15.9. The van der Waals surface area contributed by atoms with Gasteiger partial charge in [0.25, 0.3) is 5.69 Å². The van der Waals surface area contributed by atoms with Gasteiger partial charge in [-0.2, -0.15) is 0 Å². The summed E-state index contributed by atoms with van der Waals surface area (Å²) in [6.45, 7) is 3.73. The number of fused-ring (bicyclic) bond motifs is 1. The predicted molar refractivity (Wildman–Crippen MR) is 114 cm³/mol. The summed E-state index contributed by atoms with van der Waals surface area (Å²) in [6.07, 6.45) is 1.70. The molecule has 0 radical (unpaired) electrons. The van der Waals surface area contributed by atoms with E-state index in [0.29, 0.717) is 5.56 Å². The molecule has 0 aliphatic rings. The van der Waals surface area contributed by atoms with E-state index in [-0.39, 0.29) is 29.6 Å². The molecule has 1 aromatic heterocycles. The number of H-pyrrole nitrogens is 1. The zero-order chi connectivity index (χ0) is 21.0. The van der Waals surface area contributed by atoms with E-state index in [2.05, 4.69) is 10.3 Å². The first-order valence-corrected chi connectivity index (χ1v) is 11.0. The van der Waals surface area contributed by atoms with Crippen molar-refractivity contribution in [2.24, 2.45) is 0 Å². The summed E-state index contributed by atoms with van der Waals surface area (Å²) in [5.41, 5.74) is 1.38. The van der Waals surface area contributed by atoms with Gasteiger partial charge < -0.3 is 19.3 Å². The second-order valence-electron chi connectivity index (χ2n) is 6.13. The molecular weight excluding hydrogens is 417 g/mol. The molecule has 1 atom stereocenters. The van der Waals surface area contributed by atoms with E-state index in [1.165, 1.54) is 18.2 Å². The lowest BCUT2D eigenvalue weighted by Crippen LogP contribution is -2.16. The minimum absolute atomic E-state index is 0.153. The number of aromatic amines is 1. The van der Waals surface area contributed by atoms with Gasteiger partial charge in [0.15, 0.2) is 5.78 Å². The molecule has 0 fully saturated rings. The van der Waals surface area contributed by atoms with Crippen molar-refractivity contribution in [1.82, 2.24) is 4.98 Å². The molecule has 0 bridgehead atoms. The summed E-state index contributed by atoms with van der Waals surface area (Å²) >= 11 is 5.92. The van der Waals surface area contributed by atoms with Crippen LogP contribution in [0.1, 0.15) is 25.2 Å². The second kappa shape index (κ2) is 8.97. The fraction of sp³-hybridized carbons (Fsp3) is 0.263. The lowest BCUT2D eigenvalue weighted by molar-refractivity contribution is -0.384. The van der Waals surface area contributed by atoms with Crippen LogP contribution >= 0.6 is 19.2 Å². The number of aromatic nitrogens is 1. The zero-order valence-corrected chi connectivity index (χ0v) is 17.6. The molecule has 0 amide bonds. The van der Waals surface area contributed by atoms with Crippen LogP contribution in [0.3, 0.4) is 0 Å². The lowest BCUT2D eigenvalue weighted by atomic mass is 10.1. The van der Waals surface area contributed by atoms with Crippen molar-refractivity contribution in [2.75, 3.05) is 18.5 Å². The lowest BCUT2D eigenvalue weighted by Gasteiger charge is -2.27. The second-order valence-corrected chi connectivity index (χ2v) is 8.68. The van der Waals surface area contributed by atoms with Gasteiger partial charge in [-0.15, -0.1) is 0 Å². The monoisotopic (exact) mass is 437 g/mol. The third-order valence-corrected chi connectivity index (χ3v) is 6.81. The van der Waals surface area contributed by atoms with Crippen LogP contribution in [0.2, 0.25) is 5.02 Å². The van der Waals surface area contributed by atoms with Crippen LogP contribution < -0.4 is 5.32 Å². The highest BCUT2D eigenvalue weighted by Gasteiger charge is 2.39. The van der Waals surface area contributed by atoms with Gasteiger partial charge in [0, 0.05) is 33.8 Å². The van der Waals surface area contributed by atoms with E-state index in [4.69, 9.17) is 20.6 Å². The number of rotatable bonds is 9. The molecule has 1 heterocycles. The van der Waals surface area contributed by atoms with Crippen molar-refractivity contribution in [3.05, 3.63) is 69.4 Å². The van der Waals surface area contributed by atoms with Crippen molar-refractivity contribution in [2.45, 2.75) is 19.6 Å². The number of hydrogen-bond donors (Lipinski definition) is 2. The van der Waals surface area contributed by atoms with Gasteiger partial charge in [-0.3, -0.25) is 14.7 Å². The highest BCUT2D eigenvalue weighted by atomic mass is 35.5. The Bertz CT molecular complexity index is 1060. The summed E-state index contributed by atoms with van der Waals surface area (Å²) < 4.78 is 24.8. The average molecular weight is 438 g/mol. The van der Waals surface area contributed by atoms with Crippen LogP contribution in [-0.2, 0) is 13.6 Å². The number of nitro benzene ring substituents is 1. The Hall–Kier alpha value is -2.38. The van der Waals surface area contributed by atoms with E-state index >= 15 is 0 Å². The molecule has 2 aromatic carbocycles. The molecule has 3 aromatic rings. The van der Waals surface area contributed by atoms with E-state index < -0.39 is 18.3 Å². The van der Waals surface area contributed by atoms with Crippen molar-refractivity contribution >= 4 is 41.5 Å². The van der Waals surface area contributed by atoms with Crippen LogP contribution in [0, 0.1) is 10.1 Å². The summed E-state index contributed by atoms with van der Waals surface area (Å²) in [5.74, 6) is -0.974. The smallest absolute Gasteiger partial charge is 0.357 e. The quantitative estimate of drug-likeness (QED) is 0.238. The molecular formula is C19H21ClN3O5P. The number of benzene rings is 2. The summed E-state index contributed by atoms with van der Waals surface area (Å²) in [4.78, 5) is 14.1. The predicted octanol–water partition coefficient (Wildman–Crippen LogP) is 6.11. The molecule has 154 valence electrons. The minimum Gasteiger partial charge on any atom is -0.362 e. The molecule has 2 N–H and O–H groups in total. The highest BCUT2D eigenvalue weighted by molar-refractivity contribution is 7.54. The Morgan fingerprint density at radius 2 is 1.90 bits per heavy atom. The van der Waals surface area contributed by atoms with Crippen molar-refractivity contribution in [3.63, 3.8) is 0 Å². The molecule has 29 heavy (non-hydrogen) atoms. The molecule has 0 saturated carbocycles. The number of nitro groups is 1. The molecule has 1 unspecified atom stereocenters. The Balaban J connectivity index is 2.16. The van der Waals surface area contributed by atoms with Crippen molar-refractivity contribution in [1.29, 1.82) is 0 Å². The van der Waals surface area contributed by atoms with Gasteiger partial charge in [0.05, 0.1) is 18.1 Å². The van der Waals surface area contributed by atoms with Crippen LogP contribution in [0.4, 0.5) is 11.4 Å². The van der Waals surface area contributed by atoms with E-state index in [9.17, 15) is 14.7 Å². The third-order valence-electron chi connectivity index (χ3n) is 4.30. The number of nitrogens with one attached hydrogen (secondary N) is 2.